The monoisotopic (exact) mass is 183 g/mol. The Balaban J connectivity index is 2.27. The summed E-state index contributed by atoms with van der Waals surface area (Å²) in [5, 5.41) is 0. The number of ketones is 1. The lowest BCUT2D eigenvalue weighted by atomic mass is 10.3. The fourth-order valence-corrected chi connectivity index (χ4v) is 1.47. The molecule has 0 N–H and O–H groups in total. The van der Waals surface area contributed by atoms with Gasteiger partial charge in [-0.05, 0) is 12.8 Å². The topological polar surface area (TPSA) is 29.5 Å². The van der Waals surface area contributed by atoms with E-state index in [0.29, 0.717) is 6.42 Å². The first kappa shape index (κ1) is 10.3. The Morgan fingerprint density at radius 2 is 2.31 bits per heavy atom. The van der Waals surface area contributed by atoms with Crippen LogP contribution in [0.15, 0.2) is 11.8 Å². The SMILES string of the molecule is COCCCN(C)C1=CC(=O)CC1. The van der Waals surface area contributed by atoms with Crippen molar-refractivity contribution in [1.82, 2.24) is 4.90 Å². The number of methoxy groups -OCH3 is 1. The molecule has 0 heterocycles. The van der Waals surface area contributed by atoms with Crippen LogP contribution in [0.3, 0.4) is 0 Å². The van der Waals surface area contributed by atoms with E-state index in [4.69, 9.17) is 4.74 Å². The third kappa shape index (κ3) is 3.19. The van der Waals surface area contributed by atoms with Crippen molar-refractivity contribution < 1.29 is 9.53 Å². The van der Waals surface area contributed by atoms with Crippen molar-refractivity contribution in [2.24, 2.45) is 0 Å². The van der Waals surface area contributed by atoms with Crippen LogP contribution in [-0.4, -0.2) is 38.0 Å². The second-order valence-electron chi connectivity index (χ2n) is 3.37. The molecule has 0 unspecified atom stereocenters. The van der Waals surface area contributed by atoms with Gasteiger partial charge in [0.25, 0.3) is 0 Å². The van der Waals surface area contributed by atoms with Gasteiger partial charge in [0.2, 0.25) is 0 Å². The molecular weight excluding hydrogens is 166 g/mol. The van der Waals surface area contributed by atoms with Crippen LogP contribution in [0.5, 0.6) is 0 Å². The first-order valence-corrected chi connectivity index (χ1v) is 4.67. The Kier molecular flexibility index (Phi) is 3.96. The quantitative estimate of drug-likeness (QED) is 0.600. The summed E-state index contributed by atoms with van der Waals surface area (Å²) in [7, 11) is 3.73. The molecule has 0 aliphatic heterocycles. The van der Waals surface area contributed by atoms with Crippen LogP contribution in [0.1, 0.15) is 19.3 Å². The number of carbonyl (C=O) groups excluding carboxylic acids is 1. The van der Waals surface area contributed by atoms with E-state index in [1.54, 1.807) is 13.2 Å². The van der Waals surface area contributed by atoms with Crippen LogP contribution in [0.25, 0.3) is 0 Å². The molecule has 1 aliphatic rings. The number of carbonyl (C=O) groups is 1. The Bertz CT molecular complexity index is 211. The van der Waals surface area contributed by atoms with Crippen LogP contribution in [0.4, 0.5) is 0 Å². The molecule has 0 spiro atoms. The zero-order valence-corrected chi connectivity index (χ0v) is 8.38. The van der Waals surface area contributed by atoms with Crippen molar-refractivity contribution in [2.75, 3.05) is 27.3 Å². The number of allylic oxidation sites excluding steroid dienone is 2. The molecule has 0 aromatic carbocycles. The number of hydrogen-bond donors (Lipinski definition) is 0. The molecule has 3 nitrogen and oxygen atoms in total. The molecule has 0 saturated carbocycles. The standard InChI is InChI=1S/C10H17NO2/c1-11(6-3-7-13-2)9-4-5-10(12)8-9/h8H,3-7H2,1-2H3. The van der Waals surface area contributed by atoms with Crippen LogP contribution in [0, 0.1) is 0 Å². The molecule has 1 rings (SSSR count). The fourth-order valence-electron chi connectivity index (χ4n) is 1.47. The van der Waals surface area contributed by atoms with E-state index in [-0.39, 0.29) is 5.78 Å². The van der Waals surface area contributed by atoms with Crippen molar-refractivity contribution in [3.8, 4) is 0 Å². The molecule has 0 aromatic rings. The molecule has 3 heteroatoms. The summed E-state index contributed by atoms with van der Waals surface area (Å²) in [6, 6.07) is 0. The van der Waals surface area contributed by atoms with E-state index in [1.807, 2.05) is 7.05 Å². The lowest BCUT2D eigenvalue weighted by molar-refractivity contribution is -0.114. The molecule has 0 atom stereocenters. The Hall–Kier alpha value is -0.830. The number of rotatable bonds is 5. The third-order valence-electron chi connectivity index (χ3n) is 2.29. The van der Waals surface area contributed by atoms with Crippen molar-refractivity contribution in [1.29, 1.82) is 0 Å². The first-order chi connectivity index (χ1) is 6.24. The van der Waals surface area contributed by atoms with Crippen LogP contribution in [-0.2, 0) is 9.53 Å². The average molecular weight is 183 g/mol. The van der Waals surface area contributed by atoms with Crippen molar-refractivity contribution in [3.05, 3.63) is 11.8 Å². The molecular formula is C10H17NO2. The predicted molar refractivity (Wildman–Crippen MR) is 51.4 cm³/mol. The van der Waals surface area contributed by atoms with Gasteiger partial charge in [-0.1, -0.05) is 0 Å². The minimum atomic E-state index is 0.258. The minimum Gasteiger partial charge on any atom is -0.385 e. The Morgan fingerprint density at radius 1 is 1.54 bits per heavy atom. The number of ether oxygens (including phenoxy) is 1. The molecule has 0 aromatic heterocycles. The second kappa shape index (κ2) is 5.02. The van der Waals surface area contributed by atoms with E-state index >= 15 is 0 Å². The van der Waals surface area contributed by atoms with Gasteiger partial charge >= 0.3 is 0 Å². The summed E-state index contributed by atoms with van der Waals surface area (Å²) in [5.41, 5.74) is 1.17. The molecule has 0 amide bonds. The number of nitrogens with zero attached hydrogens (tertiary/aromatic N) is 1. The minimum absolute atomic E-state index is 0.258. The van der Waals surface area contributed by atoms with Gasteiger partial charge in [0, 0.05) is 45.5 Å². The fraction of sp³-hybridized carbons (Fsp3) is 0.700. The second-order valence-corrected chi connectivity index (χ2v) is 3.37. The highest BCUT2D eigenvalue weighted by atomic mass is 16.5. The van der Waals surface area contributed by atoms with Crippen molar-refractivity contribution in [3.63, 3.8) is 0 Å². The lowest BCUT2D eigenvalue weighted by Gasteiger charge is -2.19. The zero-order valence-electron chi connectivity index (χ0n) is 8.38. The summed E-state index contributed by atoms with van der Waals surface area (Å²) in [5.74, 6) is 0.258. The zero-order chi connectivity index (χ0) is 9.68. The summed E-state index contributed by atoms with van der Waals surface area (Å²) >= 11 is 0. The van der Waals surface area contributed by atoms with Gasteiger partial charge in [-0.25, -0.2) is 0 Å². The maximum atomic E-state index is 11.0. The highest BCUT2D eigenvalue weighted by molar-refractivity contribution is 5.92. The summed E-state index contributed by atoms with van der Waals surface area (Å²) in [6.45, 7) is 1.75. The van der Waals surface area contributed by atoms with E-state index in [0.717, 1.165) is 26.0 Å². The van der Waals surface area contributed by atoms with Gasteiger partial charge in [-0.3, -0.25) is 4.79 Å². The molecule has 0 saturated heterocycles. The van der Waals surface area contributed by atoms with Gasteiger partial charge in [-0.15, -0.1) is 0 Å². The smallest absolute Gasteiger partial charge is 0.157 e. The van der Waals surface area contributed by atoms with Gasteiger partial charge in [0.05, 0.1) is 0 Å². The van der Waals surface area contributed by atoms with E-state index in [1.165, 1.54) is 5.70 Å². The number of hydrogen-bond acceptors (Lipinski definition) is 3. The molecule has 13 heavy (non-hydrogen) atoms. The molecule has 0 fully saturated rings. The van der Waals surface area contributed by atoms with E-state index < -0.39 is 0 Å². The molecule has 0 bridgehead atoms. The van der Waals surface area contributed by atoms with Crippen molar-refractivity contribution >= 4 is 5.78 Å². The third-order valence-corrected chi connectivity index (χ3v) is 2.29. The Morgan fingerprint density at radius 3 is 2.85 bits per heavy atom. The van der Waals surface area contributed by atoms with Crippen LogP contribution in [0.2, 0.25) is 0 Å². The lowest BCUT2D eigenvalue weighted by Crippen LogP contribution is -2.19. The largest absolute Gasteiger partial charge is 0.385 e. The Labute approximate surface area is 79.4 Å². The maximum absolute atomic E-state index is 11.0. The van der Waals surface area contributed by atoms with Crippen molar-refractivity contribution in [2.45, 2.75) is 19.3 Å². The maximum Gasteiger partial charge on any atom is 0.157 e. The van der Waals surface area contributed by atoms with Gasteiger partial charge in [0.15, 0.2) is 5.78 Å². The molecule has 0 radical (unpaired) electrons. The average Bonchev–Trinajstić information content (AvgIpc) is 2.52. The highest BCUT2D eigenvalue weighted by Gasteiger charge is 2.14. The van der Waals surface area contributed by atoms with Gasteiger partial charge in [-0.2, -0.15) is 0 Å². The molecule has 74 valence electrons. The van der Waals surface area contributed by atoms with Gasteiger partial charge in [0.1, 0.15) is 0 Å². The predicted octanol–water partition coefficient (Wildman–Crippen LogP) is 1.20. The first-order valence-electron chi connectivity index (χ1n) is 4.67. The summed E-state index contributed by atoms with van der Waals surface area (Å²) in [6.07, 6.45) is 4.36. The highest BCUT2D eigenvalue weighted by Crippen LogP contribution is 2.17. The van der Waals surface area contributed by atoms with E-state index in [2.05, 4.69) is 4.90 Å². The van der Waals surface area contributed by atoms with E-state index in [9.17, 15) is 4.79 Å². The van der Waals surface area contributed by atoms with Crippen LogP contribution >= 0.6 is 0 Å². The molecule has 1 aliphatic carbocycles. The normalized spacial score (nSPS) is 16.2. The summed E-state index contributed by atoms with van der Waals surface area (Å²) < 4.78 is 4.96. The van der Waals surface area contributed by atoms with Crippen LogP contribution < -0.4 is 0 Å². The summed E-state index contributed by atoms with van der Waals surface area (Å²) in [4.78, 5) is 13.1. The van der Waals surface area contributed by atoms with Gasteiger partial charge < -0.3 is 9.64 Å².